The number of carbonyl (C=O) groups is 10. The number of allylic oxidation sites excluding steroid dienone is 2. The van der Waals surface area contributed by atoms with E-state index in [1.54, 1.807) is 126 Å². The van der Waals surface area contributed by atoms with Crippen molar-refractivity contribution in [3.05, 3.63) is 335 Å². The molecule has 4 aliphatic rings. The quantitative estimate of drug-likeness (QED) is 0.00716. The molecule has 10 amide bonds. The van der Waals surface area contributed by atoms with Crippen molar-refractivity contribution in [1.82, 2.24) is 56.6 Å². The van der Waals surface area contributed by atoms with Crippen LogP contribution in [0, 0.1) is 58.8 Å². The number of furan rings is 4. The zero-order chi connectivity index (χ0) is 105. The molecule has 1 fully saturated rings. The van der Waals surface area contributed by atoms with Gasteiger partial charge in [0.05, 0.1) is 78.7 Å². The number of aliphatic hydroxyl groups excluding tert-OH is 1. The Bertz CT molecular complexity index is 6830. The van der Waals surface area contributed by atoms with Crippen LogP contribution in [0.25, 0.3) is 23.5 Å². The van der Waals surface area contributed by atoms with Gasteiger partial charge in [-0.2, -0.15) is 20.6 Å². The van der Waals surface area contributed by atoms with Gasteiger partial charge >= 0.3 is 18.4 Å². The summed E-state index contributed by atoms with van der Waals surface area (Å²) in [5, 5.41) is 50.8. The lowest BCUT2D eigenvalue weighted by Gasteiger charge is -2.32. The zero-order valence-electron chi connectivity index (χ0n) is 81.8. The molecule has 3 unspecified atom stereocenters. The van der Waals surface area contributed by atoms with Gasteiger partial charge in [0.15, 0.2) is 5.69 Å². The lowest BCUT2D eigenvalue weighted by Crippen LogP contribution is -2.45. The molecular formula is C106H109BrClF3N18O17. The number of halogens is 5. The molecule has 15 rings (SSSR count). The maximum atomic E-state index is 13.3. The molecule has 10 N–H and O–H groups in total. The van der Waals surface area contributed by atoms with Crippen LogP contribution in [0.15, 0.2) is 278 Å². The van der Waals surface area contributed by atoms with Crippen molar-refractivity contribution in [2.75, 3.05) is 75.4 Å². The van der Waals surface area contributed by atoms with Crippen molar-refractivity contribution < 1.29 is 93.4 Å². The Morgan fingerprint density at radius 3 is 2.14 bits per heavy atom. The van der Waals surface area contributed by atoms with E-state index in [9.17, 15) is 71.5 Å². The number of hydrogen-bond donors (Lipinski definition) is 10. The molecule has 0 bridgehead atoms. The third-order valence-corrected chi connectivity index (χ3v) is 23.1. The summed E-state index contributed by atoms with van der Waals surface area (Å²) in [5.74, 6) is -0.786. The van der Waals surface area contributed by atoms with Crippen LogP contribution < -0.4 is 47.5 Å². The molecule has 0 aliphatic carbocycles. The topological polar surface area (TPSA) is 461 Å². The summed E-state index contributed by atoms with van der Waals surface area (Å²) < 4.78 is 68.6. The Kier molecular flexibility index (Phi) is 39.4. The number of H-pyrrole nitrogens is 1. The van der Waals surface area contributed by atoms with E-state index >= 15 is 0 Å². The molecule has 5 aromatic heterocycles. The number of ether oxygens (including phenoxy) is 2. The number of anilines is 3. The number of imide groups is 1. The number of β-amino-alcohol motifs (C(OH)–C–C–N with tert-alkyl or cyclic N) is 1. The number of hydrogen-bond acceptors (Lipinski definition) is 25. The number of amides is 10. The zero-order valence-corrected chi connectivity index (χ0v) is 84.1. The number of aliphatic imine (C=N–C) groups is 1. The van der Waals surface area contributed by atoms with Crippen molar-refractivity contribution in [2.45, 2.75) is 114 Å². The number of aromatic nitrogens is 2. The van der Waals surface area contributed by atoms with Gasteiger partial charge in [0, 0.05) is 93.5 Å². The largest absolute Gasteiger partial charge is 0.573 e. The number of aromatic amines is 1. The number of urea groups is 1. The predicted molar refractivity (Wildman–Crippen MR) is 549 cm³/mol. The minimum Gasteiger partial charge on any atom is -0.472 e. The molecule has 0 spiro atoms. The second-order valence-corrected chi connectivity index (χ2v) is 35.3. The number of carbonyl (C=O) groups excluding carboxylic acids is 10. The van der Waals surface area contributed by atoms with Gasteiger partial charge in [0.2, 0.25) is 0 Å². The number of amidine groups is 1. The number of rotatable bonds is 28. The lowest BCUT2D eigenvalue weighted by atomic mass is 9.94. The third kappa shape index (κ3) is 31.5. The highest BCUT2D eigenvalue weighted by molar-refractivity contribution is 9.10. The van der Waals surface area contributed by atoms with Crippen LogP contribution in [0.5, 0.6) is 5.75 Å². The minimum absolute atomic E-state index is 0.109. The minimum atomic E-state index is -4.82. The number of likely N-dealkylation sites (N-methyl/N-ethyl adjacent to an activating group) is 1. The summed E-state index contributed by atoms with van der Waals surface area (Å²) in [5.41, 5.74) is 15.7. The van der Waals surface area contributed by atoms with Crippen LogP contribution in [0.1, 0.15) is 157 Å². The highest BCUT2D eigenvalue weighted by Crippen LogP contribution is 2.41. The maximum Gasteiger partial charge on any atom is 0.573 e. The molecule has 11 aromatic rings. The van der Waals surface area contributed by atoms with Crippen molar-refractivity contribution in [3.8, 4) is 23.1 Å². The summed E-state index contributed by atoms with van der Waals surface area (Å²) in [6.45, 7) is 24.0. The number of alkyl halides is 3. The number of benzene rings is 6. The second kappa shape index (κ2) is 52.4. The predicted octanol–water partition coefficient (Wildman–Crippen LogP) is 17.5. The highest BCUT2D eigenvalue weighted by atomic mass is 79.9. The number of nitrogens with one attached hydrogen (secondary N) is 9. The van der Waals surface area contributed by atoms with Crippen molar-refractivity contribution in [1.29, 1.82) is 5.26 Å². The first kappa shape index (κ1) is 110. The van der Waals surface area contributed by atoms with Gasteiger partial charge in [-0.3, -0.25) is 53.3 Å². The monoisotopic (exact) mass is 2080 g/mol. The third-order valence-electron chi connectivity index (χ3n) is 22.1. The van der Waals surface area contributed by atoms with Gasteiger partial charge < -0.3 is 78.8 Å². The first-order valence-electron chi connectivity index (χ1n) is 46.1. The van der Waals surface area contributed by atoms with E-state index in [-0.39, 0.29) is 93.8 Å². The van der Waals surface area contributed by atoms with Gasteiger partial charge in [0.25, 0.3) is 47.3 Å². The van der Waals surface area contributed by atoms with E-state index in [0.717, 1.165) is 81.5 Å². The molecule has 40 heteroatoms. The Balaban J connectivity index is 0.000000181. The van der Waals surface area contributed by atoms with Crippen molar-refractivity contribution in [3.63, 3.8) is 0 Å². The normalized spacial score (nSPS) is 15.0. The van der Waals surface area contributed by atoms with Crippen LogP contribution in [0.2, 0.25) is 5.02 Å². The smallest absolute Gasteiger partial charge is 0.472 e. The van der Waals surface area contributed by atoms with Crippen LogP contribution >= 0.6 is 27.5 Å². The molecule has 35 nitrogen and oxygen atoms in total. The second-order valence-electron chi connectivity index (χ2n) is 34.1. The Morgan fingerprint density at radius 2 is 1.47 bits per heavy atom. The molecule has 4 aliphatic heterocycles. The van der Waals surface area contributed by atoms with Crippen molar-refractivity contribution >= 4 is 134 Å². The van der Waals surface area contributed by atoms with E-state index in [1.165, 1.54) is 57.0 Å². The van der Waals surface area contributed by atoms with Crippen LogP contribution in [-0.2, 0) is 28.7 Å². The number of hydrazone groups is 2. The maximum absolute atomic E-state index is 13.3. The number of aliphatic hydroxyl groups is 1. The molecule has 0 radical (unpaired) electrons. The van der Waals surface area contributed by atoms with E-state index in [0.29, 0.717) is 98.6 Å². The fourth-order valence-electron chi connectivity index (χ4n) is 14.6. The standard InChI is InChI=1S/C34H35F3N6O3.C25H23ClN2O6.C22H27N3O3.C14H12BrN3O3.C11H12N4O2/c1-20(2)19-38-32(44)26-12-8-18-43-30(26)42-29(31(43)41-28-21(3)9-7-10-22(28)4)25-11-5-6-13-27(25)40-33(45)39-23-14-16-24(17-15-23)46-34(35,36)37;1-4-9-33-25(32)19-10-16(5-7-21(19)26)22-8-6-17(34-22)11-18-15(3)20(12-27)24(31)28(23(18)30)13-14(2)29;1-16-7-8-18(14-17(16)2)21(26)23-20(15-19-6-4-13-28-19)22(27)25-10-5-9-24(3)11-12-25;15-12-4-2-1-3-11(12)14(20)16-8-13(19)18-17-7-10-5-6-21-9-10;1-7-5-10(14-13-7)11(16)15-12-6-9-4-3-8(2)17-9/h5-18,20,29,31,41H,19H2,1-4H3,(H,38,44)(H2,39,40,45);5-8,10-11,14,29H,4,9,13H2,1-3H3;4,6-8,13-15H,5,9-12H2,1-3H3,(H,23,26);1-7,9H,8H2,(H,16,20)(H,18,19);3-6H,1-2H3,(H,13,14)(H,15,16)/b;18-11+;20-15-;17-7+;12-6+. The fraction of sp³-hybridized carbons (Fsp3) is 0.255. The number of fused-ring (bicyclic) bond motifs is 1. The molecule has 0 saturated carbocycles. The summed E-state index contributed by atoms with van der Waals surface area (Å²) in [4.78, 5) is 137. The van der Waals surface area contributed by atoms with E-state index in [4.69, 9.17) is 39.0 Å². The molecule has 146 heavy (non-hydrogen) atoms. The van der Waals surface area contributed by atoms with Crippen LogP contribution in [-0.4, -0.2) is 191 Å². The average Bonchev–Trinajstić information content (AvgIpc) is 1.70. The van der Waals surface area contributed by atoms with Gasteiger partial charge in [-0.05, 0) is 271 Å². The summed E-state index contributed by atoms with van der Waals surface area (Å²) in [6, 6.07) is 49.7. The average molecular weight is 2080 g/mol. The first-order valence-corrected chi connectivity index (χ1v) is 47.2. The van der Waals surface area contributed by atoms with E-state index < -0.39 is 60.1 Å². The molecule has 1 saturated heterocycles. The number of para-hydroxylation sites is 2. The number of aryl methyl sites for hydroxylation is 6. The molecule has 9 heterocycles. The molecule has 6 aromatic carbocycles. The summed E-state index contributed by atoms with van der Waals surface area (Å²) in [6.07, 6.45) is 11.2. The summed E-state index contributed by atoms with van der Waals surface area (Å²) in [7, 11) is 2.05. The van der Waals surface area contributed by atoms with Gasteiger partial charge in [-0.1, -0.05) is 87.0 Å². The van der Waals surface area contributed by atoms with Crippen molar-refractivity contribution in [2.24, 2.45) is 21.1 Å². The lowest BCUT2D eigenvalue weighted by molar-refractivity contribution is -0.274. The molecular weight excluding hydrogens is 1970 g/mol. The Hall–Kier alpha value is -16.6. The number of nitrogens with zero attached hydrogens (tertiary/aromatic N) is 9. The number of nitriles is 1. The van der Waals surface area contributed by atoms with E-state index in [2.05, 4.69) is 95.8 Å². The van der Waals surface area contributed by atoms with Gasteiger partial charge in [-0.25, -0.2) is 20.4 Å². The van der Waals surface area contributed by atoms with Gasteiger partial charge in [0.1, 0.15) is 69.9 Å². The molecule has 760 valence electrons. The molecule has 3 atom stereocenters. The first-order chi connectivity index (χ1) is 69.8. The summed E-state index contributed by atoms with van der Waals surface area (Å²) >= 11 is 9.43. The fourth-order valence-corrected chi connectivity index (χ4v) is 15.2. The SMILES string of the molecule is CCCOC(=O)c1cc(-c2ccc(/C=C3/C(=O)N(CC(C)O)C(=O)C(C#N)=C3C)o2)ccc1Cl.Cc1cc(C(=O)N/N=C/c2ccc(C)o2)n[nH]1.Cc1ccc(C(=O)N/C(=C\c2ccco2)C(=O)N2CCCN(C)CC2)cc1C.Cc1cccc(C)c1NC1C(c2ccccc2NC(=O)Nc2ccc(OC(F)(F)F)cc2)N=C2C(C(=O)NCC(C)C)=CC=CN21.O=C(CNC(=O)c1ccccc1Br)N/N=C/c1ccoc1. The highest BCUT2D eigenvalue weighted by Gasteiger charge is 2.42. The number of esters is 1. The Labute approximate surface area is 853 Å². The van der Waals surface area contributed by atoms with Gasteiger partial charge in [-0.15, -0.1) is 13.2 Å². The van der Waals surface area contributed by atoms with Crippen LogP contribution in [0.4, 0.5) is 35.0 Å². The van der Waals surface area contributed by atoms with Crippen LogP contribution in [0.3, 0.4) is 0 Å². The van der Waals surface area contributed by atoms with E-state index in [1.807, 2.05) is 134 Å². The Morgan fingerprint density at radius 1 is 0.726 bits per heavy atom.